The van der Waals surface area contributed by atoms with Gasteiger partial charge in [-0.3, -0.25) is 14.5 Å². The molecule has 1 aromatic heterocycles. The molecule has 11 heteroatoms. The van der Waals surface area contributed by atoms with Gasteiger partial charge in [0.25, 0.3) is 0 Å². The van der Waals surface area contributed by atoms with Gasteiger partial charge in [0, 0.05) is 31.2 Å². The average Bonchev–Trinajstić information content (AvgIpc) is 3.62. The molecule has 3 fully saturated rings. The topological polar surface area (TPSA) is 148 Å². The number of piperazine rings is 1. The highest BCUT2D eigenvalue weighted by Crippen LogP contribution is 2.38. The molecule has 2 amide bonds. The normalized spacial score (nSPS) is 26.6. The molecule has 0 aliphatic carbocycles. The van der Waals surface area contributed by atoms with Gasteiger partial charge in [-0.1, -0.05) is 24.3 Å². The first-order valence-corrected chi connectivity index (χ1v) is 11.3. The molecule has 3 aliphatic heterocycles. The zero-order valence-corrected chi connectivity index (χ0v) is 18.5. The number of hydrogen-bond acceptors (Lipinski definition) is 8. The van der Waals surface area contributed by atoms with Crippen molar-refractivity contribution in [2.24, 2.45) is 5.73 Å². The minimum absolute atomic E-state index is 0.0646. The predicted molar refractivity (Wildman–Crippen MR) is 117 cm³/mol. The van der Waals surface area contributed by atoms with E-state index in [4.69, 9.17) is 5.73 Å². The lowest BCUT2D eigenvalue weighted by atomic mass is 10.0. The second kappa shape index (κ2) is 8.53. The van der Waals surface area contributed by atoms with Gasteiger partial charge >= 0.3 is 0 Å². The van der Waals surface area contributed by atoms with E-state index in [1.807, 2.05) is 41.0 Å². The van der Waals surface area contributed by atoms with Crippen LogP contribution in [0.15, 0.2) is 24.3 Å². The molecule has 4 heterocycles. The molecule has 2 bridgehead atoms. The van der Waals surface area contributed by atoms with E-state index in [1.54, 1.807) is 4.90 Å². The number of benzene rings is 1. The van der Waals surface area contributed by atoms with Crippen LogP contribution in [0, 0.1) is 11.3 Å². The lowest BCUT2D eigenvalue weighted by molar-refractivity contribution is -0.140. The lowest BCUT2D eigenvalue weighted by Gasteiger charge is -2.38. The van der Waals surface area contributed by atoms with E-state index in [0.717, 1.165) is 24.0 Å². The lowest BCUT2D eigenvalue weighted by Crippen LogP contribution is -2.56. The number of amides is 2. The van der Waals surface area contributed by atoms with Crippen molar-refractivity contribution in [3.05, 3.63) is 29.8 Å². The zero-order chi connectivity index (χ0) is 23.1. The number of nitrogens with zero attached hydrogens (tertiary/aromatic N) is 7. The van der Waals surface area contributed by atoms with Crippen LogP contribution in [-0.2, 0) is 9.59 Å². The zero-order valence-electron chi connectivity index (χ0n) is 18.5. The van der Waals surface area contributed by atoms with Crippen molar-refractivity contribution in [2.45, 2.75) is 56.4 Å². The third-order valence-electron chi connectivity index (χ3n) is 7.16. The van der Waals surface area contributed by atoms with Crippen molar-refractivity contribution in [3.8, 4) is 17.5 Å². The van der Waals surface area contributed by atoms with Gasteiger partial charge in [-0.25, -0.2) is 0 Å². The van der Waals surface area contributed by atoms with Gasteiger partial charge in [-0.05, 0) is 37.0 Å². The fourth-order valence-corrected chi connectivity index (χ4v) is 5.46. The third kappa shape index (κ3) is 3.75. The number of rotatable bonds is 6. The van der Waals surface area contributed by atoms with E-state index in [-0.39, 0.29) is 36.0 Å². The first-order chi connectivity index (χ1) is 16.0. The standard InChI is InChI=1S/C22H27N9O2/c1-13(14-4-6-15(7-5-14)20-25-27-28-26-20)31-17-9-19(22(31)33)29(11-17)12-18(24)21(32)30-8-2-3-16(30)10-23/h4-7,13,16-19H,2-3,8-9,11-12,24H2,1H3,(H,25,26,27,28)/t13?,16?,17?,18-,19-/m0/s1. The Labute approximate surface area is 191 Å². The fraction of sp³-hybridized carbons (Fsp3) is 0.545. The summed E-state index contributed by atoms with van der Waals surface area (Å²) >= 11 is 0. The van der Waals surface area contributed by atoms with Crippen molar-refractivity contribution in [1.29, 1.82) is 5.26 Å². The molecule has 11 nitrogen and oxygen atoms in total. The van der Waals surface area contributed by atoms with Crippen LogP contribution in [0.4, 0.5) is 0 Å². The molecule has 1 aromatic carbocycles. The molecule has 0 radical (unpaired) electrons. The minimum Gasteiger partial charge on any atom is -0.330 e. The number of carbonyl (C=O) groups excluding carboxylic acids is 2. The monoisotopic (exact) mass is 449 g/mol. The Kier molecular flexibility index (Phi) is 5.55. The van der Waals surface area contributed by atoms with Crippen molar-refractivity contribution in [3.63, 3.8) is 0 Å². The van der Waals surface area contributed by atoms with Gasteiger partial charge < -0.3 is 15.5 Å². The summed E-state index contributed by atoms with van der Waals surface area (Å²) in [6.07, 6.45) is 2.27. The number of nitriles is 1. The van der Waals surface area contributed by atoms with Crippen molar-refractivity contribution >= 4 is 11.8 Å². The molecule has 172 valence electrons. The highest BCUT2D eigenvalue weighted by molar-refractivity contribution is 5.87. The Bertz CT molecular complexity index is 1060. The minimum atomic E-state index is -0.727. The third-order valence-corrected chi connectivity index (χ3v) is 7.16. The van der Waals surface area contributed by atoms with Crippen LogP contribution in [0.2, 0.25) is 0 Å². The van der Waals surface area contributed by atoms with Gasteiger partial charge in [-0.15, -0.1) is 10.2 Å². The smallest absolute Gasteiger partial charge is 0.241 e. The van der Waals surface area contributed by atoms with Crippen LogP contribution in [0.5, 0.6) is 0 Å². The Balaban J connectivity index is 1.22. The fourth-order valence-electron chi connectivity index (χ4n) is 5.46. The Morgan fingerprint density at radius 2 is 2.15 bits per heavy atom. The maximum Gasteiger partial charge on any atom is 0.241 e. The van der Waals surface area contributed by atoms with E-state index in [0.29, 0.717) is 31.9 Å². The Morgan fingerprint density at radius 1 is 1.36 bits per heavy atom. The SMILES string of the molecule is CC(c1ccc(-c2nn[nH]n2)cc1)N1C(=O)[C@@H]2CC1CN2C[C@H](N)C(=O)N1CCCC1C#N. The summed E-state index contributed by atoms with van der Waals surface area (Å²) in [5.74, 6) is 0.417. The molecule has 2 aromatic rings. The Hall–Kier alpha value is -3.36. The maximum absolute atomic E-state index is 13.2. The van der Waals surface area contributed by atoms with Crippen LogP contribution in [0.25, 0.3) is 11.4 Å². The number of aromatic amines is 1. The van der Waals surface area contributed by atoms with Gasteiger partial charge in [0.05, 0.1) is 24.2 Å². The molecular formula is C22H27N9O2. The number of nitrogens with two attached hydrogens (primary N) is 1. The summed E-state index contributed by atoms with van der Waals surface area (Å²) in [6.45, 7) is 3.65. The summed E-state index contributed by atoms with van der Waals surface area (Å²) in [6, 6.07) is 8.69. The van der Waals surface area contributed by atoms with E-state index >= 15 is 0 Å². The number of nitrogens with one attached hydrogen (secondary N) is 1. The second-order valence-corrected chi connectivity index (χ2v) is 9.06. The van der Waals surface area contributed by atoms with Crippen LogP contribution in [0.3, 0.4) is 0 Å². The molecule has 0 spiro atoms. The van der Waals surface area contributed by atoms with E-state index in [9.17, 15) is 14.9 Å². The number of likely N-dealkylation sites (tertiary alicyclic amines) is 3. The van der Waals surface area contributed by atoms with Gasteiger partial charge in [0.1, 0.15) is 6.04 Å². The van der Waals surface area contributed by atoms with Crippen molar-refractivity contribution in [1.82, 2.24) is 35.3 Å². The van der Waals surface area contributed by atoms with Crippen molar-refractivity contribution in [2.75, 3.05) is 19.6 Å². The molecule has 3 N–H and O–H groups in total. The van der Waals surface area contributed by atoms with Gasteiger partial charge in [0.2, 0.25) is 17.6 Å². The highest BCUT2D eigenvalue weighted by Gasteiger charge is 2.51. The summed E-state index contributed by atoms with van der Waals surface area (Å²) in [5.41, 5.74) is 8.12. The molecule has 5 rings (SSSR count). The van der Waals surface area contributed by atoms with Crippen LogP contribution < -0.4 is 5.73 Å². The summed E-state index contributed by atoms with van der Waals surface area (Å²) < 4.78 is 0. The van der Waals surface area contributed by atoms with E-state index in [2.05, 4.69) is 26.7 Å². The van der Waals surface area contributed by atoms with Crippen LogP contribution in [0.1, 0.15) is 37.8 Å². The molecule has 3 aliphatic rings. The highest BCUT2D eigenvalue weighted by atomic mass is 16.2. The summed E-state index contributed by atoms with van der Waals surface area (Å²) in [7, 11) is 0. The molecule has 3 unspecified atom stereocenters. The number of aromatic nitrogens is 4. The molecule has 3 saturated heterocycles. The van der Waals surface area contributed by atoms with E-state index < -0.39 is 6.04 Å². The van der Waals surface area contributed by atoms with E-state index in [1.165, 1.54) is 0 Å². The number of carbonyl (C=O) groups is 2. The largest absolute Gasteiger partial charge is 0.330 e. The number of tetrazole rings is 1. The number of H-pyrrole nitrogens is 1. The summed E-state index contributed by atoms with van der Waals surface area (Å²) in [5, 5.41) is 23.3. The predicted octanol–water partition coefficient (Wildman–Crippen LogP) is 0.0547. The van der Waals surface area contributed by atoms with Crippen LogP contribution >= 0.6 is 0 Å². The summed E-state index contributed by atoms with van der Waals surface area (Å²) in [4.78, 5) is 31.6. The molecule has 5 atom stereocenters. The molecule has 33 heavy (non-hydrogen) atoms. The quantitative estimate of drug-likeness (QED) is 0.629. The number of fused-ring (bicyclic) bond motifs is 2. The maximum atomic E-state index is 13.2. The van der Waals surface area contributed by atoms with Gasteiger partial charge in [0.15, 0.2) is 0 Å². The molecule has 0 saturated carbocycles. The molecular weight excluding hydrogens is 422 g/mol. The first-order valence-electron chi connectivity index (χ1n) is 11.3. The number of hydrogen-bond donors (Lipinski definition) is 2. The van der Waals surface area contributed by atoms with Crippen molar-refractivity contribution < 1.29 is 9.59 Å². The van der Waals surface area contributed by atoms with Crippen LogP contribution in [-0.4, -0.2) is 90.9 Å². The van der Waals surface area contributed by atoms with Gasteiger partial charge in [-0.2, -0.15) is 10.5 Å². The second-order valence-electron chi connectivity index (χ2n) is 9.06. The first kappa shape index (κ1) is 21.5. The Morgan fingerprint density at radius 3 is 2.82 bits per heavy atom. The average molecular weight is 450 g/mol.